The summed E-state index contributed by atoms with van der Waals surface area (Å²) in [7, 11) is 0. The maximum atomic E-state index is 13.6. The number of thioether (sulfide) groups is 1. The quantitative estimate of drug-likeness (QED) is 0.714. The van der Waals surface area contributed by atoms with Crippen molar-refractivity contribution >= 4 is 45.2 Å². The number of hydrogen-bond donors (Lipinski definition) is 3. The summed E-state index contributed by atoms with van der Waals surface area (Å²) in [5.74, 6) is -2.08. The molecule has 2 rings (SSSR count). The molecule has 2 aromatic heterocycles. The molecule has 0 radical (unpaired) electrons. The lowest BCUT2D eigenvalue weighted by Gasteiger charge is -2.06. The highest BCUT2D eigenvalue weighted by molar-refractivity contribution is 7.99. The Morgan fingerprint density at radius 2 is 2.33 bits per heavy atom. The molecule has 0 bridgehead atoms. The second kappa shape index (κ2) is 6.37. The van der Waals surface area contributed by atoms with Gasteiger partial charge in [0.2, 0.25) is 0 Å². The number of hydrogen-bond acceptors (Lipinski definition) is 6. The van der Waals surface area contributed by atoms with E-state index in [2.05, 4.69) is 10.3 Å². The third-order valence-electron chi connectivity index (χ3n) is 2.68. The number of pyridine rings is 1. The number of halogens is 1. The summed E-state index contributed by atoms with van der Waals surface area (Å²) in [5.41, 5.74) is 5.83. The van der Waals surface area contributed by atoms with Crippen LogP contribution >= 0.6 is 23.1 Å². The first-order valence-electron chi connectivity index (χ1n) is 5.82. The van der Waals surface area contributed by atoms with Crippen LogP contribution < -0.4 is 11.1 Å². The number of fused-ring (bicyclic) bond motifs is 1. The number of aliphatic carboxylic acids is 1. The first-order valence-corrected chi connectivity index (χ1v) is 7.86. The number of aromatic nitrogens is 1. The van der Waals surface area contributed by atoms with Crippen molar-refractivity contribution in [1.29, 1.82) is 0 Å². The minimum absolute atomic E-state index is 0.181. The molecule has 112 valence electrons. The van der Waals surface area contributed by atoms with Crippen LogP contribution in [-0.4, -0.2) is 40.8 Å². The minimum atomic E-state index is -1.19. The predicted molar refractivity (Wildman–Crippen MR) is 79.3 cm³/mol. The second-order valence-corrected chi connectivity index (χ2v) is 5.99. The van der Waals surface area contributed by atoms with Crippen LogP contribution in [0.4, 0.5) is 4.39 Å². The van der Waals surface area contributed by atoms with E-state index in [0.717, 1.165) is 17.5 Å². The Hall–Kier alpha value is -1.71. The van der Waals surface area contributed by atoms with Crippen molar-refractivity contribution in [2.75, 3.05) is 12.8 Å². The molecule has 0 aromatic carbocycles. The van der Waals surface area contributed by atoms with Gasteiger partial charge < -0.3 is 16.2 Å². The van der Waals surface area contributed by atoms with Crippen LogP contribution in [0.25, 0.3) is 10.2 Å². The molecule has 1 atom stereocenters. The molecule has 0 saturated heterocycles. The normalized spacial score (nSPS) is 12.3. The largest absolute Gasteiger partial charge is 0.480 e. The van der Waals surface area contributed by atoms with Crippen molar-refractivity contribution in [3.05, 3.63) is 23.0 Å². The third-order valence-corrected chi connectivity index (χ3v) is 4.76. The van der Waals surface area contributed by atoms with Gasteiger partial charge in [-0.15, -0.1) is 23.1 Å². The first-order chi connectivity index (χ1) is 9.93. The molecule has 0 saturated carbocycles. The van der Waals surface area contributed by atoms with Crippen molar-refractivity contribution in [2.45, 2.75) is 10.9 Å². The maximum Gasteiger partial charge on any atom is 0.322 e. The molecular formula is C12H12FN3O3S2. The molecule has 0 aliphatic carbocycles. The van der Waals surface area contributed by atoms with Crippen molar-refractivity contribution in [1.82, 2.24) is 10.3 Å². The van der Waals surface area contributed by atoms with E-state index in [1.807, 2.05) is 0 Å². The smallest absolute Gasteiger partial charge is 0.322 e. The molecule has 0 aliphatic heterocycles. The predicted octanol–water partition coefficient (Wildman–Crippen LogP) is 1.30. The summed E-state index contributed by atoms with van der Waals surface area (Å²) >= 11 is 2.35. The highest BCUT2D eigenvalue weighted by Crippen LogP contribution is 2.33. The van der Waals surface area contributed by atoms with Crippen LogP contribution in [0.15, 0.2) is 17.2 Å². The number of nitrogens with two attached hydrogens (primary N) is 1. The molecule has 4 N–H and O–H groups in total. The zero-order valence-electron chi connectivity index (χ0n) is 10.9. The van der Waals surface area contributed by atoms with Gasteiger partial charge in [-0.1, -0.05) is 0 Å². The van der Waals surface area contributed by atoms with Crippen LogP contribution in [0.5, 0.6) is 0 Å². The molecule has 2 aromatic rings. The van der Waals surface area contributed by atoms with E-state index in [1.54, 1.807) is 12.3 Å². The summed E-state index contributed by atoms with van der Waals surface area (Å²) in [5, 5.41) is 11.1. The number of thiophene rings is 1. The lowest BCUT2D eigenvalue weighted by molar-refractivity contribution is -0.138. The van der Waals surface area contributed by atoms with Gasteiger partial charge in [0.25, 0.3) is 5.91 Å². The SMILES string of the molecule is CSc1c(F)cnc2cc(C(=O)NC[C@@H](N)C(=O)O)sc12. The standard InChI is InChI=1S/C12H12FN3O3S2/c1-20-9-5(13)3-15-7-2-8(21-10(7)9)11(17)16-4-6(14)12(18)19/h2-3,6H,4,14H2,1H3,(H,16,17)(H,18,19)/t6-/m1/s1. The summed E-state index contributed by atoms with van der Waals surface area (Å²) < 4.78 is 14.2. The molecule has 21 heavy (non-hydrogen) atoms. The van der Waals surface area contributed by atoms with Gasteiger partial charge in [-0.2, -0.15) is 0 Å². The van der Waals surface area contributed by atoms with Gasteiger partial charge in [0, 0.05) is 6.54 Å². The monoisotopic (exact) mass is 329 g/mol. The van der Waals surface area contributed by atoms with Gasteiger partial charge in [-0.25, -0.2) is 4.39 Å². The third kappa shape index (κ3) is 3.31. The number of amides is 1. The number of carbonyl (C=O) groups excluding carboxylic acids is 1. The topological polar surface area (TPSA) is 105 Å². The maximum absolute atomic E-state index is 13.6. The Labute approximate surface area is 127 Å². The van der Waals surface area contributed by atoms with Crippen molar-refractivity contribution in [3.8, 4) is 0 Å². The average molecular weight is 329 g/mol. The highest BCUT2D eigenvalue weighted by atomic mass is 32.2. The zero-order chi connectivity index (χ0) is 15.6. The van der Waals surface area contributed by atoms with Crippen molar-refractivity contribution in [3.63, 3.8) is 0 Å². The van der Waals surface area contributed by atoms with Crippen LogP contribution in [0.1, 0.15) is 9.67 Å². The zero-order valence-corrected chi connectivity index (χ0v) is 12.6. The molecule has 0 spiro atoms. The van der Waals surface area contributed by atoms with Crippen LogP contribution in [0.2, 0.25) is 0 Å². The van der Waals surface area contributed by atoms with Crippen LogP contribution in [-0.2, 0) is 4.79 Å². The number of carboxylic acid groups (broad SMARTS) is 1. The van der Waals surface area contributed by atoms with E-state index in [9.17, 15) is 14.0 Å². The van der Waals surface area contributed by atoms with Crippen LogP contribution in [0.3, 0.4) is 0 Å². The number of rotatable bonds is 5. The van der Waals surface area contributed by atoms with E-state index in [1.165, 1.54) is 11.8 Å². The van der Waals surface area contributed by atoms with Gasteiger partial charge in [0.05, 0.1) is 26.2 Å². The van der Waals surface area contributed by atoms with Gasteiger partial charge in [0.1, 0.15) is 6.04 Å². The summed E-state index contributed by atoms with van der Waals surface area (Å²) in [4.78, 5) is 27.2. The molecule has 9 heteroatoms. The molecule has 0 aliphatic rings. The lowest BCUT2D eigenvalue weighted by Crippen LogP contribution is -2.42. The Balaban J connectivity index is 2.23. The van der Waals surface area contributed by atoms with E-state index in [-0.39, 0.29) is 6.54 Å². The number of nitrogens with one attached hydrogen (secondary N) is 1. The summed E-state index contributed by atoms with van der Waals surface area (Å²) in [6.45, 7) is -0.181. The van der Waals surface area contributed by atoms with E-state index >= 15 is 0 Å². The molecule has 6 nitrogen and oxygen atoms in total. The molecule has 0 unspecified atom stereocenters. The molecule has 1 amide bonds. The Bertz CT molecular complexity index is 704. The van der Waals surface area contributed by atoms with E-state index in [0.29, 0.717) is 20.0 Å². The Kier molecular flexibility index (Phi) is 4.76. The van der Waals surface area contributed by atoms with Crippen molar-refractivity contribution in [2.24, 2.45) is 5.73 Å². The molecule has 2 heterocycles. The van der Waals surface area contributed by atoms with Gasteiger partial charge in [-0.05, 0) is 12.3 Å². The molecule has 0 fully saturated rings. The molecular weight excluding hydrogens is 317 g/mol. The first kappa shape index (κ1) is 15.7. The summed E-state index contributed by atoms with van der Waals surface area (Å²) in [6.07, 6.45) is 2.85. The Morgan fingerprint density at radius 3 is 2.95 bits per heavy atom. The van der Waals surface area contributed by atoms with E-state index in [4.69, 9.17) is 10.8 Å². The minimum Gasteiger partial charge on any atom is -0.480 e. The highest BCUT2D eigenvalue weighted by Gasteiger charge is 2.17. The fourth-order valence-electron chi connectivity index (χ4n) is 1.61. The Morgan fingerprint density at radius 1 is 1.62 bits per heavy atom. The van der Waals surface area contributed by atoms with Gasteiger partial charge in [0.15, 0.2) is 5.82 Å². The average Bonchev–Trinajstić information content (AvgIpc) is 2.88. The summed E-state index contributed by atoms with van der Waals surface area (Å²) in [6, 6.07) is 0.376. The number of carboxylic acids is 1. The van der Waals surface area contributed by atoms with Gasteiger partial charge in [-0.3, -0.25) is 14.6 Å². The fourth-order valence-corrected chi connectivity index (χ4v) is 3.49. The second-order valence-electron chi connectivity index (χ2n) is 4.12. The van der Waals surface area contributed by atoms with E-state index < -0.39 is 23.7 Å². The fraction of sp³-hybridized carbons (Fsp3) is 0.250. The lowest BCUT2D eigenvalue weighted by atomic mass is 10.3. The van der Waals surface area contributed by atoms with Crippen LogP contribution in [0, 0.1) is 5.82 Å². The van der Waals surface area contributed by atoms with Crippen molar-refractivity contribution < 1.29 is 19.1 Å². The number of nitrogens with zero attached hydrogens (tertiary/aromatic N) is 1. The van der Waals surface area contributed by atoms with Gasteiger partial charge >= 0.3 is 5.97 Å². The number of carbonyl (C=O) groups is 2.